The number of fused-ring (bicyclic) bond motifs is 1. The molecule has 1 saturated heterocycles. The van der Waals surface area contributed by atoms with Crippen molar-refractivity contribution in [1.29, 1.82) is 0 Å². The maximum absolute atomic E-state index is 13.1. The number of nitrogens with zero attached hydrogens (tertiary/aromatic N) is 2. The topological polar surface area (TPSA) is 79.4 Å². The molecule has 1 aliphatic heterocycles. The zero-order valence-corrected chi connectivity index (χ0v) is 17.7. The minimum atomic E-state index is -3.60. The second kappa shape index (κ2) is 8.53. The van der Waals surface area contributed by atoms with E-state index in [0.717, 1.165) is 18.4 Å². The second-order valence-corrected chi connectivity index (χ2v) is 9.73. The molecule has 1 N–H and O–H groups in total. The van der Waals surface area contributed by atoms with E-state index < -0.39 is 10.0 Å². The van der Waals surface area contributed by atoms with Gasteiger partial charge in [-0.3, -0.25) is 9.78 Å². The first-order chi connectivity index (χ1) is 14.4. The Morgan fingerprint density at radius 1 is 1.10 bits per heavy atom. The van der Waals surface area contributed by atoms with Crippen molar-refractivity contribution in [2.75, 3.05) is 13.1 Å². The first kappa shape index (κ1) is 20.5. The summed E-state index contributed by atoms with van der Waals surface area (Å²) in [5.41, 5.74) is 2.00. The summed E-state index contributed by atoms with van der Waals surface area (Å²) in [5.74, 6) is 0.282. The highest BCUT2D eigenvalue weighted by Gasteiger charge is 2.28. The van der Waals surface area contributed by atoms with Crippen LogP contribution in [0, 0.1) is 5.92 Å². The zero-order chi connectivity index (χ0) is 21.1. The number of piperidine rings is 1. The van der Waals surface area contributed by atoms with E-state index in [9.17, 15) is 13.2 Å². The molecule has 7 heteroatoms. The molecular formula is C23H25N3O3S. The van der Waals surface area contributed by atoms with Gasteiger partial charge in [-0.05, 0) is 48.6 Å². The first-order valence-corrected chi connectivity index (χ1v) is 11.6. The number of carbonyl (C=O) groups excluding carboxylic acids is 1. The molecule has 1 aromatic heterocycles. The average molecular weight is 424 g/mol. The van der Waals surface area contributed by atoms with Crippen LogP contribution >= 0.6 is 0 Å². The molecule has 156 valence electrons. The van der Waals surface area contributed by atoms with Gasteiger partial charge in [0.05, 0.1) is 16.0 Å². The monoisotopic (exact) mass is 423 g/mol. The van der Waals surface area contributed by atoms with Crippen molar-refractivity contribution < 1.29 is 13.2 Å². The Hall–Kier alpha value is -2.77. The van der Waals surface area contributed by atoms with Gasteiger partial charge < -0.3 is 5.32 Å². The van der Waals surface area contributed by atoms with Crippen molar-refractivity contribution in [3.05, 3.63) is 71.9 Å². The molecule has 4 rings (SSSR count). The lowest BCUT2D eigenvalue weighted by molar-refractivity contribution is 0.0952. The fourth-order valence-electron chi connectivity index (χ4n) is 3.73. The molecule has 0 bridgehead atoms. The summed E-state index contributed by atoms with van der Waals surface area (Å²) in [5, 5.41) is 3.44. The lowest BCUT2D eigenvalue weighted by atomic mass is 10.0. The third-order valence-electron chi connectivity index (χ3n) is 5.63. The number of carbonyl (C=O) groups is 1. The normalized spacial score (nSPS) is 15.9. The summed E-state index contributed by atoms with van der Waals surface area (Å²) in [4.78, 5) is 17.3. The van der Waals surface area contributed by atoms with Crippen molar-refractivity contribution in [1.82, 2.24) is 14.6 Å². The van der Waals surface area contributed by atoms with Crippen molar-refractivity contribution in [3.8, 4) is 0 Å². The highest BCUT2D eigenvalue weighted by atomic mass is 32.2. The molecule has 0 unspecified atom stereocenters. The summed E-state index contributed by atoms with van der Waals surface area (Å²) >= 11 is 0. The van der Waals surface area contributed by atoms with Crippen LogP contribution in [0.25, 0.3) is 10.9 Å². The Labute approximate surface area is 177 Å². The van der Waals surface area contributed by atoms with Crippen molar-refractivity contribution in [2.24, 2.45) is 5.92 Å². The van der Waals surface area contributed by atoms with E-state index in [-0.39, 0.29) is 10.8 Å². The van der Waals surface area contributed by atoms with Crippen LogP contribution < -0.4 is 5.32 Å². The van der Waals surface area contributed by atoms with Gasteiger partial charge in [0.1, 0.15) is 0 Å². The largest absolute Gasteiger partial charge is 0.348 e. The molecule has 1 aliphatic rings. The van der Waals surface area contributed by atoms with Gasteiger partial charge >= 0.3 is 0 Å². The molecule has 2 heterocycles. The standard InChI is InChI=1S/C23H25N3O3S/c1-17-10-13-26(14-11-17)30(28,29)19-7-8-22-21(15-19)20(9-12-24-22)23(27)25-16-18-5-3-2-4-6-18/h2-9,12,15,17H,10-11,13-14,16H2,1H3,(H,25,27). The Bertz CT molecular complexity index is 1150. The van der Waals surface area contributed by atoms with Crippen LogP contribution in [-0.4, -0.2) is 36.7 Å². The van der Waals surface area contributed by atoms with Crippen LogP contribution in [0.15, 0.2) is 65.7 Å². The van der Waals surface area contributed by atoms with E-state index in [1.165, 1.54) is 0 Å². The van der Waals surface area contributed by atoms with Crippen LogP contribution in [-0.2, 0) is 16.6 Å². The van der Waals surface area contributed by atoms with Crippen LogP contribution in [0.1, 0.15) is 35.7 Å². The molecule has 3 aromatic rings. The molecule has 30 heavy (non-hydrogen) atoms. The molecule has 0 spiro atoms. The number of amides is 1. The maximum Gasteiger partial charge on any atom is 0.252 e. The van der Waals surface area contributed by atoms with Crippen LogP contribution in [0.5, 0.6) is 0 Å². The third-order valence-corrected chi connectivity index (χ3v) is 7.53. The van der Waals surface area contributed by atoms with E-state index in [4.69, 9.17) is 0 Å². The first-order valence-electron chi connectivity index (χ1n) is 10.2. The van der Waals surface area contributed by atoms with Gasteiger partial charge in [0.15, 0.2) is 0 Å². The predicted octanol–water partition coefficient (Wildman–Crippen LogP) is 3.59. The Balaban J connectivity index is 1.63. The SMILES string of the molecule is CC1CCN(S(=O)(=O)c2ccc3nccc(C(=O)NCc4ccccc4)c3c2)CC1. The molecule has 1 fully saturated rings. The van der Waals surface area contributed by atoms with Crippen LogP contribution in [0.2, 0.25) is 0 Å². The smallest absolute Gasteiger partial charge is 0.252 e. The molecule has 0 radical (unpaired) electrons. The summed E-state index contributed by atoms with van der Waals surface area (Å²) < 4.78 is 27.8. The fourth-order valence-corrected chi connectivity index (χ4v) is 5.23. The number of hydrogen-bond acceptors (Lipinski definition) is 4. The number of hydrogen-bond donors (Lipinski definition) is 1. The van der Waals surface area contributed by atoms with Crippen LogP contribution in [0.4, 0.5) is 0 Å². The number of rotatable bonds is 5. The minimum absolute atomic E-state index is 0.203. The molecule has 2 aromatic carbocycles. The lowest BCUT2D eigenvalue weighted by Crippen LogP contribution is -2.37. The van der Waals surface area contributed by atoms with Crippen molar-refractivity contribution in [3.63, 3.8) is 0 Å². The Morgan fingerprint density at radius 3 is 2.57 bits per heavy atom. The van der Waals surface area contributed by atoms with Gasteiger partial charge in [0.2, 0.25) is 10.0 Å². The summed E-state index contributed by atoms with van der Waals surface area (Å²) in [7, 11) is -3.60. The van der Waals surface area contributed by atoms with Gasteiger partial charge in [-0.1, -0.05) is 37.3 Å². The molecule has 0 saturated carbocycles. The quantitative estimate of drug-likeness (QED) is 0.680. The van der Waals surface area contributed by atoms with Gasteiger partial charge in [-0.25, -0.2) is 8.42 Å². The van der Waals surface area contributed by atoms with E-state index in [1.807, 2.05) is 30.3 Å². The molecule has 1 amide bonds. The molecule has 0 atom stereocenters. The number of sulfonamides is 1. The number of pyridine rings is 1. The highest BCUT2D eigenvalue weighted by Crippen LogP contribution is 2.26. The van der Waals surface area contributed by atoms with Gasteiger partial charge in [0.25, 0.3) is 5.91 Å². The van der Waals surface area contributed by atoms with E-state index in [1.54, 1.807) is 34.8 Å². The van der Waals surface area contributed by atoms with Crippen molar-refractivity contribution in [2.45, 2.75) is 31.2 Å². The molecular weight excluding hydrogens is 398 g/mol. The zero-order valence-electron chi connectivity index (χ0n) is 16.9. The number of nitrogens with one attached hydrogen (secondary N) is 1. The Kier molecular flexibility index (Phi) is 5.83. The predicted molar refractivity (Wildman–Crippen MR) is 117 cm³/mol. The van der Waals surface area contributed by atoms with Crippen molar-refractivity contribution >= 4 is 26.8 Å². The fraction of sp³-hybridized carbons (Fsp3) is 0.304. The highest BCUT2D eigenvalue weighted by molar-refractivity contribution is 7.89. The van der Waals surface area contributed by atoms with Gasteiger partial charge in [0, 0.05) is 31.2 Å². The second-order valence-electron chi connectivity index (χ2n) is 7.79. The van der Waals surface area contributed by atoms with Gasteiger partial charge in [-0.15, -0.1) is 0 Å². The summed E-state index contributed by atoms with van der Waals surface area (Å²) in [6.07, 6.45) is 3.29. The minimum Gasteiger partial charge on any atom is -0.348 e. The van der Waals surface area contributed by atoms with E-state index in [0.29, 0.717) is 42.0 Å². The third kappa shape index (κ3) is 4.22. The van der Waals surface area contributed by atoms with E-state index in [2.05, 4.69) is 17.2 Å². The number of benzene rings is 2. The molecule has 0 aliphatic carbocycles. The average Bonchev–Trinajstić information content (AvgIpc) is 2.77. The lowest BCUT2D eigenvalue weighted by Gasteiger charge is -2.29. The Morgan fingerprint density at radius 2 is 1.83 bits per heavy atom. The number of aromatic nitrogens is 1. The summed E-state index contributed by atoms with van der Waals surface area (Å²) in [6, 6.07) is 16.1. The summed E-state index contributed by atoms with van der Waals surface area (Å²) in [6.45, 7) is 3.59. The van der Waals surface area contributed by atoms with Crippen LogP contribution in [0.3, 0.4) is 0 Å². The maximum atomic E-state index is 13.1. The van der Waals surface area contributed by atoms with E-state index >= 15 is 0 Å². The molecule has 6 nitrogen and oxygen atoms in total. The van der Waals surface area contributed by atoms with Gasteiger partial charge in [-0.2, -0.15) is 4.31 Å².